The van der Waals surface area contributed by atoms with Gasteiger partial charge >= 0.3 is 0 Å². The molecule has 10 aromatic rings. The molecule has 10 rings (SSSR count). The van der Waals surface area contributed by atoms with E-state index in [0.29, 0.717) is 0 Å². The summed E-state index contributed by atoms with van der Waals surface area (Å²) < 4.78 is 11.8. The van der Waals surface area contributed by atoms with Crippen LogP contribution in [0.4, 0.5) is 17.1 Å². The lowest BCUT2D eigenvalue weighted by atomic mass is 10.0. The fraction of sp³-hybridized carbons (Fsp3) is 0. The third-order valence-electron chi connectivity index (χ3n) is 8.84. The lowest BCUT2D eigenvalue weighted by Crippen LogP contribution is -2.09. The SMILES string of the molecule is c1ccc(N(c2ccc3c(c2)oc2ccc4c5ccc6ccccc6c5sc4c23)c2ccc3sc4ccccc4c3c2)cc1. The van der Waals surface area contributed by atoms with Crippen LogP contribution < -0.4 is 4.90 Å². The summed E-state index contributed by atoms with van der Waals surface area (Å²) in [6.07, 6.45) is 0. The molecule has 4 heteroatoms. The Morgan fingerprint density at radius 1 is 0.409 bits per heavy atom. The summed E-state index contributed by atoms with van der Waals surface area (Å²) in [5.41, 5.74) is 5.13. The highest BCUT2D eigenvalue weighted by Crippen LogP contribution is 2.46. The first-order valence-electron chi connectivity index (χ1n) is 14.8. The molecule has 0 aliphatic rings. The number of nitrogens with zero attached hydrogens (tertiary/aromatic N) is 1. The van der Waals surface area contributed by atoms with Crippen LogP contribution in [0.15, 0.2) is 144 Å². The van der Waals surface area contributed by atoms with Gasteiger partial charge in [0.2, 0.25) is 0 Å². The Bertz CT molecular complexity index is 2730. The predicted molar refractivity (Wildman–Crippen MR) is 192 cm³/mol. The molecule has 0 saturated carbocycles. The summed E-state index contributed by atoms with van der Waals surface area (Å²) in [6, 6.07) is 50.3. The van der Waals surface area contributed by atoms with Crippen LogP contribution in [0.1, 0.15) is 0 Å². The Morgan fingerprint density at radius 2 is 1.11 bits per heavy atom. The predicted octanol–water partition coefficient (Wildman–Crippen LogP) is 12.9. The van der Waals surface area contributed by atoms with Gasteiger partial charge in [0.15, 0.2) is 0 Å². The maximum atomic E-state index is 6.60. The first kappa shape index (κ1) is 24.3. The minimum atomic E-state index is 0.898. The summed E-state index contributed by atoms with van der Waals surface area (Å²) in [5.74, 6) is 0. The fourth-order valence-corrected chi connectivity index (χ4v) is 9.30. The highest BCUT2D eigenvalue weighted by atomic mass is 32.1. The van der Waals surface area contributed by atoms with Gasteiger partial charge in [-0.25, -0.2) is 0 Å². The number of hydrogen-bond donors (Lipinski definition) is 0. The van der Waals surface area contributed by atoms with Crippen molar-refractivity contribution in [3.63, 3.8) is 0 Å². The minimum absolute atomic E-state index is 0.898. The van der Waals surface area contributed by atoms with E-state index in [-0.39, 0.29) is 0 Å². The van der Waals surface area contributed by atoms with Gasteiger partial charge in [-0.2, -0.15) is 0 Å². The van der Waals surface area contributed by atoms with Gasteiger partial charge < -0.3 is 9.32 Å². The average molecular weight is 598 g/mol. The Morgan fingerprint density at radius 3 is 2.05 bits per heavy atom. The van der Waals surface area contributed by atoms with Crippen molar-refractivity contribution < 1.29 is 4.42 Å². The molecule has 0 radical (unpaired) electrons. The number of fused-ring (bicyclic) bond motifs is 12. The monoisotopic (exact) mass is 597 g/mol. The molecule has 0 saturated heterocycles. The van der Waals surface area contributed by atoms with E-state index in [1.807, 2.05) is 22.7 Å². The molecule has 44 heavy (non-hydrogen) atoms. The Labute approximate surface area is 260 Å². The number of rotatable bonds is 3. The standard InChI is InChI=1S/C40H23NOS2/c1-2-9-25(10-3-1)41(26-16-21-37-33(22-26)29-12-6-7-13-36(29)43-37)27-15-18-32-35(23-27)42-34-20-19-31-30-17-14-24-8-4-5-11-28(24)39(30)44-40(31)38(32)34/h1-23H. The van der Waals surface area contributed by atoms with E-state index < -0.39 is 0 Å². The van der Waals surface area contributed by atoms with Gasteiger partial charge in [0.1, 0.15) is 11.2 Å². The van der Waals surface area contributed by atoms with Crippen molar-refractivity contribution in [2.24, 2.45) is 0 Å². The summed E-state index contributed by atoms with van der Waals surface area (Å²) >= 11 is 3.73. The van der Waals surface area contributed by atoms with Gasteiger partial charge in [0, 0.05) is 74.2 Å². The first-order chi connectivity index (χ1) is 21.8. The third kappa shape index (κ3) is 3.47. The molecule has 3 heterocycles. The van der Waals surface area contributed by atoms with E-state index in [4.69, 9.17) is 4.42 Å². The maximum absolute atomic E-state index is 6.60. The molecule has 2 nitrogen and oxygen atoms in total. The zero-order valence-corrected chi connectivity index (χ0v) is 25.1. The molecule has 0 fully saturated rings. The molecule has 0 N–H and O–H groups in total. The quantitative estimate of drug-likeness (QED) is 0.201. The lowest BCUT2D eigenvalue weighted by molar-refractivity contribution is 0.669. The van der Waals surface area contributed by atoms with Gasteiger partial charge in [0.25, 0.3) is 0 Å². The maximum Gasteiger partial charge on any atom is 0.137 e. The summed E-state index contributed by atoms with van der Waals surface area (Å²) in [6.45, 7) is 0. The summed E-state index contributed by atoms with van der Waals surface area (Å²) in [5, 5.41) is 10.1. The molecule has 0 atom stereocenters. The van der Waals surface area contributed by atoms with Crippen LogP contribution in [0.25, 0.3) is 73.1 Å². The number of para-hydroxylation sites is 1. The van der Waals surface area contributed by atoms with E-state index in [0.717, 1.165) is 33.6 Å². The summed E-state index contributed by atoms with van der Waals surface area (Å²) in [7, 11) is 0. The van der Waals surface area contributed by atoms with Crippen molar-refractivity contribution >= 4 is 113 Å². The molecule has 0 aliphatic carbocycles. The van der Waals surface area contributed by atoms with Crippen molar-refractivity contribution in [3.05, 3.63) is 140 Å². The van der Waals surface area contributed by atoms with Crippen LogP contribution in [0.5, 0.6) is 0 Å². The second kappa shape index (κ2) is 9.17. The number of hydrogen-bond acceptors (Lipinski definition) is 4. The zero-order chi connectivity index (χ0) is 28.8. The van der Waals surface area contributed by atoms with Crippen molar-refractivity contribution in [2.45, 2.75) is 0 Å². The number of furan rings is 1. The Kier molecular flexibility index (Phi) is 5.06. The van der Waals surface area contributed by atoms with E-state index in [1.165, 1.54) is 56.5 Å². The van der Waals surface area contributed by atoms with Gasteiger partial charge in [-0.3, -0.25) is 0 Å². The van der Waals surface area contributed by atoms with E-state index in [2.05, 4.69) is 144 Å². The number of thiophene rings is 2. The molecule has 7 aromatic carbocycles. The molecule has 0 unspecified atom stereocenters. The molecule has 0 spiro atoms. The lowest BCUT2D eigenvalue weighted by Gasteiger charge is -2.25. The molecule has 206 valence electrons. The number of anilines is 3. The Balaban J connectivity index is 1.20. The van der Waals surface area contributed by atoms with Crippen molar-refractivity contribution in [2.75, 3.05) is 4.90 Å². The highest BCUT2D eigenvalue weighted by molar-refractivity contribution is 7.27. The minimum Gasteiger partial charge on any atom is -0.456 e. The first-order valence-corrected chi connectivity index (χ1v) is 16.4. The van der Waals surface area contributed by atoms with Crippen LogP contribution >= 0.6 is 22.7 Å². The second-order valence-corrected chi connectivity index (χ2v) is 13.4. The number of benzene rings is 7. The van der Waals surface area contributed by atoms with Crippen molar-refractivity contribution in [1.29, 1.82) is 0 Å². The fourth-order valence-electron chi connectivity index (χ4n) is 6.83. The van der Waals surface area contributed by atoms with Crippen LogP contribution in [0.2, 0.25) is 0 Å². The zero-order valence-electron chi connectivity index (χ0n) is 23.5. The van der Waals surface area contributed by atoms with Crippen molar-refractivity contribution in [1.82, 2.24) is 0 Å². The van der Waals surface area contributed by atoms with Gasteiger partial charge in [-0.15, -0.1) is 22.7 Å². The van der Waals surface area contributed by atoms with Gasteiger partial charge in [0.05, 0.1) is 0 Å². The van der Waals surface area contributed by atoms with E-state index in [1.54, 1.807) is 0 Å². The second-order valence-electron chi connectivity index (χ2n) is 11.3. The molecule has 0 amide bonds. The smallest absolute Gasteiger partial charge is 0.137 e. The third-order valence-corrected chi connectivity index (χ3v) is 11.3. The average Bonchev–Trinajstić information content (AvgIpc) is 3.76. The Hall–Kier alpha value is -5.16. The molecule has 0 aliphatic heterocycles. The molecule has 0 bridgehead atoms. The largest absolute Gasteiger partial charge is 0.456 e. The highest BCUT2D eigenvalue weighted by Gasteiger charge is 2.19. The van der Waals surface area contributed by atoms with Crippen LogP contribution in [-0.2, 0) is 0 Å². The normalized spacial score (nSPS) is 12.1. The van der Waals surface area contributed by atoms with Gasteiger partial charge in [-0.1, -0.05) is 72.8 Å². The van der Waals surface area contributed by atoms with Crippen LogP contribution in [0.3, 0.4) is 0 Å². The van der Waals surface area contributed by atoms with Crippen molar-refractivity contribution in [3.8, 4) is 0 Å². The molecular weight excluding hydrogens is 575 g/mol. The van der Waals surface area contributed by atoms with Crippen LogP contribution in [0, 0.1) is 0 Å². The van der Waals surface area contributed by atoms with E-state index in [9.17, 15) is 0 Å². The molecule has 3 aromatic heterocycles. The molecular formula is C40H23NOS2. The van der Waals surface area contributed by atoms with Crippen LogP contribution in [-0.4, -0.2) is 0 Å². The topological polar surface area (TPSA) is 16.4 Å². The summed E-state index contributed by atoms with van der Waals surface area (Å²) in [4.78, 5) is 2.33. The van der Waals surface area contributed by atoms with Gasteiger partial charge in [-0.05, 0) is 71.4 Å². The van der Waals surface area contributed by atoms with E-state index >= 15 is 0 Å².